The van der Waals surface area contributed by atoms with Gasteiger partial charge in [0.2, 0.25) is 5.91 Å². The van der Waals surface area contributed by atoms with E-state index in [1.165, 1.54) is 4.68 Å². The molecule has 0 aliphatic carbocycles. The van der Waals surface area contributed by atoms with Gasteiger partial charge in [-0.05, 0) is 51.8 Å². The summed E-state index contributed by atoms with van der Waals surface area (Å²) in [6.07, 6.45) is 0.850. The van der Waals surface area contributed by atoms with Crippen LogP contribution < -0.4 is 10.9 Å². The highest BCUT2D eigenvalue weighted by atomic mass is 16.1. The molecule has 0 atom stereocenters. The molecule has 4 rings (SSSR count). The second kappa shape index (κ2) is 9.40. The van der Waals surface area contributed by atoms with Crippen LogP contribution in [0.1, 0.15) is 40.9 Å². The Morgan fingerprint density at radius 2 is 1.73 bits per heavy atom. The van der Waals surface area contributed by atoms with Crippen molar-refractivity contribution in [3.05, 3.63) is 87.0 Å². The number of amides is 1. The summed E-state index contributed by atoms with van der Waals surface area (Å²) in [7, 11) is 0. The molecule has 0 bridgehead atoms. The van der Waals surface area contributed by atoms with Gasteiger partial charge in [-0.2, -0.15) is 10.2 Å². The van der Waals surface area contributed by atoms with E-state index in [-0.39, 0.29) is 11.5 Å². The molecule has 0 saturated carbocycles. The van der Waals surface area contributed by atoms with Crippen LogP contribution in [0.3, 0.4) is 0 Å². The number of nitrogens with one attached hydrogen (secondary N) is 1. The zero-order valence-electron chi connectivity index (χ0n) is 19.6. The molecule has 0 unspecified atom stereocenters. The molecule has 1 amide bonds. The van der Waals surface area contributed by atoms with E-state index in [9.17, 15) is 9.59 Å². The third kappa shape index (κ3) is 4.87. The molecule has 0 saturated heterocycles. The average molecular weight is 444 g/mol. The predicted octanol–water partition coefficient (Wildman–Crippen LogP) is 3.91. The summed E-state index contributed by atoms with van der Waals surface area (Å²) in [5.74, 6) is -0.0400. The minimum Gasteiger partial charge on any atom is -0.352 e. The fourth-order valence-electron chi connectivity index (χ4n) is 4.07. The van der Waals surface area contributed by atoms with Crippen LogP contribution in [0.2, 0.25) is 0 Å². The van der Waals surface area contributed by atoms with Crippen molar-refractivity contribution in [3.8, 4) is 5.69 Å². The standard InChI is InChI=1S/C26H29N5O2/c1-17-10-12-22(13-11-17)31-20(4)24-19(3)28-30(26(33)25(24)29-31)14-6-9-23(32)27-16-21-8-5-7-18(2)15-21/h5,7-8,10-13,15H,6,9,14,16H2,1-4H3,(H,27,32). The Bertz CT molecular complexity index is 1370. The van der Waals surface area contributed by atoms with Gasteiger partial charge in [-0.25, -0.2) is 9.36 Å². The third-order valence-electron chi connectivity index (χ3n) is 5.81. The van der Waals surface area contributed by atoms with E-state index in [0.717, 1.165) is 39.2 Å². The van der Waals surface area contributed by atoms with Crippen molar-refractivity contribution in [2.24, 2.45) is 0 Å². The smallest absolute Gasteiger partial charge is 0.295 e. The van der Waals surface area contributed by atoms with E-state index in [1.54, 1.807) is 4.68 Å². The lowest BCUT2D eigenvalue weighted by atomic mass is 10.1. The molecule has 0 aliphatic rings. The number of aryl methyl sites for hydroxylation is 5. The van der Waals surface area contributed by atoms with Gasteiger partial charge in [-0.15, -0.1) is 0 Å². The molecule has 4 aromatic rings. The topological polar surface area (TPSA) is 81.8 Å². The highest BCUT2D eigenvalue weighted by Gasteiger charge is 2.17. The number of hydrogen-bond acceptors (Lipinski definition) is 4. The SMILES string of the molecule is Cc1ccc(-n2nc3c(=O)n(CCCC(=O)NCc4cccc(C)c4)nc(C)c3c2C)cc1. The molecule has 0 fully saturated rings. The first-order valence-electron chi connectivity index (χ1n) is 11.2. The third-order valence-corrected chi connectivity index (χ3v) is 5.81. The summed E-state index contributed by atoms with van der Waals surface area (Å²) in [5.41, 5.74) is 6.12. The van der Waals surface area contributed by atoms with Crippen molar-refractivity contribution >= 4 is 16.8 Å². The maximum atomic E-state index is 13.1. The molecule has 33 heavy (non-hydrogen) atoms. The van der Waals surface area contributed by atoms with E-state index < -0.39 is 0 Å². The Kier molecular flexibility index (Phi) is 6.40. The first kappa shape index (κ1) is 22.5. The van der Waals surface area contributed by atoms with Gasteiger partial charge in [-0.3, -0.25) is 9.59 Å². The largest absolute Gasteiger partial charge is 0.352 e. The van der Waals surface area contributed by atoms with Crippen LogP contribution in [-0.2, 0) is 17.9 Å². The zero-order chi connectivity index (χ0) is 23.5. The number of benzene rings is 2. The van der Waals surface area contributed by atoms with Crippen molar-refractivity contribution in [2.75, 3.05) is 0 Å². The number of nitrogens with zero attached hydrogens (tertiary/aromatic N) is 4. The number of carbonyl (C=O) groups is 1. The quantitative estimate of drug-likeness (QED) is 0.469. The summed E-state index contributed by atoms with van der Waals surface area (Å²) in [4.78, 5) is 25.3. The molecule has 2 heterocycles. The van der Waals surface area contributed by atoms with E-state index in [4.69, 9.17) is 0 Å². The van der Waals surface area contributed by atoms with Crippen LogP contribution in [0.5, 0.6) is 0 Å². The Balaban J connectivity index is 1.46. The van der Waals surface area contributed by atoms with Crippen LogP contribution in [-0.4, -0.2) is 25.5 Å². The van der Waals surface area contributed by atoms with Crippen molar-refractivity contribution in [1.29, 1.82) is 0 Å². The number of aromatic nitrogens is 4. The van der Waals surface area contributed by atoms with Crippen molar-refractivity contribution in [1.82, 2.24) is 24.9 Å². The maximum Gasteiger partial charge on any atom is 0.295 e. The Hall–Kier alpha value is -3.74. The minimum atomic E-state index is -0.232. The summed E-state index contributed by atoms with van der Waals surface area (Å²) in [6.45, 7) is 8.77. The van der Waals surface area contributed by atoms with E-state index in [0.29, 0.717) is 31.4 Å². The lowest BCUT2D eigenvalue weighted by Crippen LogP contribution is -2.26. The van der Waals surface area contributed by atoms with Gasteiger partial charge in [0.05, 0.1) is 22.5 Å². The molecule has 7 nitrogen and oxygen atoms in total. The van der Waals surface area contributed by atoms with Crippen LogP contribution in [0.15, 0.2) is 53.3 Å². The summed E-state index contributed by atoms with van der Waals surface area (Å²) < 4.78 is 3.22. The molecule has 1 N–H and O–H groups in total. The summed E-state index contributed by atoms with van der Waals surface area (Å²) in [5, 5.41) is 12.8. The Morgan fingerprint density at radius 3 is 2.45 bits per heavy atom. The molecule has 2 aromatic carbocycles. The second-order valence-electron chi connectivity index (χ2n) is 8.54. The highest BCUT2D eigenvalue weighted by Crippen LogP contribution is 2.21. The van der Waals surface area contributed by atoms with Crippen molar-refractivity contribution in [3.63, 3.8) is 0 Å². The normalized spacial score (nSPS) is 11.2. The molecule has 170 valence electrons. The fourth-order valence-corrected chi connectivity index (χ4v) is 4.07. The van der Waals surface area contributed by atoms with E-state index in [1.807, 2.05) is 70.2 Å². The predicted molar refractivity (Wildman–Crippen MR) is 130 cm³/mol. The van der Waals surface area contributed by atoms with Gasteiger partial charge < -0.3 is 5.32 Å². The first-order valence-corrected chi connectivity index (χ1v) is 11.2. The second-order valence-corrected chi connectivity index (χ2v) is 8.54. The summed E-state index contributed by atoms with van der Waals surface area (Å²) >= 11 is 0. The van der Waals surface area contributed by atoms with Crippen LogP contribution in [0.4, 0.5) is 0 Å². The average Bonchev–Trinajstić information content (AvgIpc) is 3.14. The van der Waals surface area contributed by atoms with Gasteiger partial charge in [-0.1, -0.05) is 47.5 Å². The molecule has 2 aromatic heterocycles. The van der Waals surface area contributed by atoms with Gasteiger partial charge >= 0.3 is 0 Å². The number of rotatable bonds is 7. The monoisotopic (exact) mass is 443 g/mol. The molecule has 0 spiro atoms. The molecule has 0 radical (unpaired) electrons. The maximum absolute atomic E-state index is 13.1. The zero-order valence-corrected chi connectivity index (χ0v) is 19.6. The first-order chi connectivity index (χ1) is 15.8. The lowest BCUT2D eigenvalue weighted by Gasteiger charge is -2.08. The van der Waals surface area contributed by atoms with Crippen molar-refractivity contribution < 1.29 is 4.79 Å². The minimum absolute atomic E-state index is 0.0400. The Morgan fingerprint density at radius 1 is 0.970 bits per heavy atom. The van der Waals surface area contributed by atoms with Crippen molar-refractivity contribution in [2.45, 2.75) is 53.6 Å². The van der Waals surface area contributed by atoms with Gasteiger partial charge in [0.1, 0.15) is 0 Å². The number of fused-ring (bicyclic) bond motifs is 1. The summed E-state index contributed by atoms with van der Waals surface area (Å²) in [6, 6.07) is 16.1. The molecular weight excluding hydrogens is 414 g/mol. The van der Waals surface area contributed by atoms with Crippen LogP contribution in [0.25, 0.3) is 16.6 Å². The van der Waals surface area contributed by atoms with E-state index >= 15 is 0 Å². The molecule has 7 heteroatoms. The highest BCUT2D eigenvalue weighted by molar-refractivity contribution is 5.83. The fraction of sp³-hybridized carbons (Fsp3) is 0.308. The van der Waals surface area contributed by atoms with Crippen LogP contribution >= 0.6 is 0 Å². The van der Waals surface area contributed by atoms with Gasteiger partial charge in [0.15, 0.2) is 5.52 Å². The number of carbonyl (C=O) groups excluding carboxylic acids is 1. The molecular formula is C26H29N5O2. The Labute approximate surface area is 193 Å². The van der Waals surface area contributed by atoms with Crippen LogP contribution in [0, 0.1) is 27.7 Å². The van der Waals surface area contributed by atoms with E-state index in [2.05, 4.69) is 21.6 Å². The van der Waals surface area contributed by atoms with Gasteiger partial charge in [0.25, 0.3) is 5.56 Å². The number of hydrogen-bond donors (Lipinski definition) is 1. The van der Waals surface area contributed by atoms with Gasteiger partial charge in [0, 0.05) is 19.5 Å². The lowest BCUT2D eigenvalue weighted by molar-refractivity contribution is -0.121. The molecule has 0 aliphatic heterocycles.